The van der Waals surface area contributed by atoms with Crippen LogP contribution in [0.5, 0.6) is 0 Å². The second-order valence-corrected chi connectivity index (χ2v) is 6.30. The van der Waals surface area contributed by atoms with E-state index in [-0.39, 0.29) is 11.2 Å². The van der Waals surface area contributed by atoms with Gasteiger partial charge in [-0.15, -0.1) is 10.2 Å². The number of amides is 1. The summed E-state index contributed by atoms with van der Waals surface area (Å²) < 4.78 is 0.762. The molecule has 1 unspecified atom stereocenters. The molecule has 2 N–H and O–H groups in total. The first kappa shape index (κ1) is 11.7. The molecule has 0 saturated carbocycles. The van der Waals surface area contributed by atoms with Crippen LogP contribution in [0.15, 0.2) is 4.34 Å². The van der Waals surface area contributed by atoms with Gasteiger partial charge in [-0.3, -0.25) is 4.79 Å². The molecule has 0 bridgehead atoms. The Hall–Kier alpha value is -0.820. The molecule has 16 heavy (non-hydrogen) atoms. The highest BCUT2D eigenvalue weighted by atomic mass is 32.2. The number of rotatable bonds is 3. The molecule has 1 aliphatic heterocycles. The van der Waals surface area contributed by atoms with Gasteiger partial charge < -0.3 is 10.6 Å². The van der Waals surface area contributed by atoms with Crippen LogP contribution in [0.1, 0.15) is 19.8 Å². The molecule has 0 aromatic carbocycles. The number of carbonyl (C=O) groups excluding carboxylic acids is 1. The van der Waals surface area contributed by atoms with Crippen molar-refractivity contribution < 1.29 is 4.79 Å². The van der Waals surface area contributed by atoms with Gasteiger partial charge in [0.25, 0.3) is 0 Å². The monoisotopic (exact) mass is 258 g/mol. The van der Waals surface area contributed by atoms with Crippen LogP contribution in [0.2, 0.25) is 0 Å². The predicted octanol–water partition coefficient (Wildman–Crippen LogP) is 1.22. The fraction of sp³-hybridized carbons (Fsp3) is 0.667. The van der Waals surface area contributed by atoms with Crippen LogP contribution in [0.4, 0.5) is 5.13 Å². The molecule has 1 aromatic heterocycles. The molecule has 1 aromatic rings. The Morgan fingerprint density at radius 2 is 2.19 bits per heavy atom. The van der Waals surface area contributed by atoms with Crippen molar-refractivity contribution in [2.45, 2.75) is 29.4 Å². The molecule has 7 heteroatoms. The molecular formula is C9H14N4OS2. The number of thioether (sulfide) groups is 1. The van der Waals surface area contributed by atoms with Crippen molar-refractivity contribution >= 4 is 34.1 Å². The first-order chi connectivity index (χ1) is 7.66. The largest absolute Gasteiger partial charge is 0.374 e. The Labute approximate surface area is 102 Å². The summed E-state index contributed by atoms with van der Waals surface area (Å²) in [5, 5.41) is 7.97. The van der Waals surface area contributed by atoms with Gasteiger partial charge in [-0.25, -0.2) is 0 Å². The maximum absolute atomic E-state index is 12.0. The van der Waals surface area contributed by atoms with Crippen LogP contribution >= 0.6 is 23.1 Å². The number of hydrogen-bond acceptors (Lipinski definition) is 6. The molecule has 5 nitrogen and oxygen atoms in total. The summed E-state index contributed by atoms with van der Waals surface area (Å²) in [7, 11) is 0. The number of nitrogens with zero attached hydrogens (tertiary/aromatic N) is 3. The molecule has 2 heterocycles. The molecular weight excluding hydrogens is 244 g/mol. The highest BCUT2D eigenvalue weighted by Gasteiger charge is 2.24. The smallest absolute Gasteiger partial charge is 0.235 e. The van der Waals surface area contributed by atoms with Gasteiger partial charge in [0.05, 0.1) is 5.25 Å². The topological polar surface area (TPSA) is 72.1 Å². The maximum Gasteiger partial charge on any atom is 0.235 e. The van der Waals surface area contributed by atoms with Crippen LogP contribution in [0, 0.1) is 0 Å². The van der Waals surface area contributed by atoms with Crippen molar-refractivity contribution in [1.29, 1.82) is 0 Å². The number of nitrogens with two attached hydrogens (primary N) is 1. The number of nitrogen functional groups attached to an aromatic ring is 1. The number of likely N-dealkylation sites (tertiary alicyclic amines) is 1. The Balaban J connectivity index is 1.91. The number of carbonyl (C=O) groups is 1. The summed E-state index contributed by atoms with van der Waals surface area (Å²) in [6.45, 7) is 3.69. The van der Waals surface area contributed by atoms with Crippen molar-refractivity contribution in [3.63, 3.8) is 0 Å². The lowest BCUT2D eigenvalue weighted by Gasteiger charge is -2.18. The number of aromatic nitrogens is 2. The molecule has 2 rings (SSSR count). The Morgan fingerprint density at radius 1 is 1.50 bits per heavy atom. The van der Waals surface area contributed by atoms with Gasteiger partial charge >= 0.3 is 0 Å². The molecule has 1 amide bonds. The van der Waals surface area contributed by atoms with E-state index in [0.717, 1.165) is 30.3 Å². The molecule has 1 atom stereocenters. The average molecular weight is 258 g/mol. The first-order valence-electron chi connectivity index (χ1n) is 5.21. The van der Waals surface area contributed by atoms with Gasteiger partial charge in [-0.2, -0.15) is 0 Å². The van der Waals surface area contributed by atoms with Gasteiger partial charge in [0, 0.05) is 13.1 Å². The van der Waals surface area contributed by atoms with Crippen molar-refractivity contribution in [2.24, 2.45) is 0 Å². The Kier molecular flexibility index (Phi) is 3.65. The van der Waals surface area contributed by atoms with Crippen molar-refractivity contribution in [3.8, 4) is 0 Å². The van der Waals surface area contributed by atoms with Crippen LogP contribution in [0.25, 0.3) is 0 Å². The first-order valence-corrected chi connectivity index (χ1v) is 6.91. The summed E-state index contributed by atoms with van der Waals surface area (Å²) in [5.41, 5.74) is 5.49. The molecule has 88 valence electrons. The third kappa shape index (κ3) is 2.65. The minimum atomic E-state index is -0.106. The van der Waals surface area contributed by atoms with E-state index in [4.69, 9.17) is 5.73 Å². The van der Waals surface area contributed by atoms with Crippen LogP contribution < -0.4 is 5.73 Å². The Bertz CT molecular complexity index is 375. The fourth-order valence-corrected chi connectivity index (χ4v) is 3.53. The molecule has 1 aliphatic rings. The third-order valence-electron chi connectivity index (χ3n) is 2.47. The zero-order chi connectivity index (χ0) is 11.5. The van der Waals surface area contributed by atoms with Crippen molar-refractivity contribution in [2.75, 3.05) is 18.8 Å². The Morgan fingerprint density at radius 3 is 2.75 bits per heavy atom. The van der Waals surface area contributed by atoms with E-state index in [0.29, 0.717) is 5.13 Å². The second-order valence-electron chi connectivity index (χ2n) is 3.70. The summed E-state index contributed by atoms with van der Waals surface area (Å²) >= 11 is 2.76. The highest BCUT2D eigenvalue weighted by Crippen LogP contribution is 2.28. The summed E-state index contributed by atoms with van der Waals surface area (Å²) in [5.74, 6) is 0.191. The average Bonchev–Trinajstić information content (AvgIpc) is 2.88. The van der Waals surface area contributed by atoms with E-state index in [1.165, 1.54) is 23.1 Å². The van der Waals surface area contributed by atoms with E-state index in [2.05, 4.69) is 10.2 Å². The molecule has 0 spiro atoms. The minimum absolute atomic E-state index is 0.106. The fourth-order valence-electron chi connectivity index (χ4n) is 1.66. The van der Waals surface area contributed by atoms with E-state index < -0.39 is 0 Å². The third-order valence-corrected chi connectivity index (χ3v) is 4.39. The lowest BCUT2D eigenvalue weighted by Crippen LogP contribution is -2.33. The number of hydrogen-bond donors (Lipinski definition) is 1. The van der Waals surface area contributed by atoms with Crippen molar-refractivity contribution in [3.05, 3.63) is 0 Å². The van der Waals surface area contributed by atoms with E-state index in [9.17, 15) is 4.79 Å². The molecule has 0 aliphatic carbocycles. The number of anilines is 1. The molecule has 0 radical (unpaired) electrons. The van der Waals surface area contributed by atoms with Crippen molar-refractivity contribution in [1.82, 2.24) is 15.1 Å². The second kappa shape index (κ2) is 5.01. The highest BCUT2D eigenvalue weighted by molar-refractivity contribution is 8.02. The van der Waals surface area contributed by atoms with Gasteiger partial charge in [0.1, 0.15) is 0 Å². The normalized spacial score (nSPS) is 17.7. The van der Waals surface area contributed by atoms with Gasteiger partial charge in [-0.05, 0) is 19.8 Å². The summed E-state index contributed by atoms with van der Waals surface area (Å²) in [4.78, 5) is 13.9. The van der Waals surface area contributed by atoms with Crippen LogP contribution in [0.3, 0.4) is 0 Å². The SMILES string of the molecule is CC(Sc1nnc(N)s1)C(=O)N1CCCC1. The quantitative estimate of drug-likeness (QED) is 0.825. The lowest BCUT2D eigenvalue weighted by atomic mass is 10.4. The van der Waals surface area contributed by atoms with Gasteiger partial charge in [0.2, 0.25) is 11.0 Å². The standard InChI is InChI=1S/C9H14N4OS2/c1-6(7(14)13-4-2-3-5-13)15-9-12-11-8(10)16-9/h6H,2-5H2,1H3,(H2,10,11). The zero-order valence-electron chi connectivity index (χ0n) is 9.05. The summed E-state index contributed by atoms with van der Waals surface area (Å²) in [6.07, 6.45) is 2.24. The van der Waals surface area contributed by atoms with Gasteiger partial charge in [0.15, 0.2) is 4.34 Å². The van der Waals surface area contributed by atoms with Crippen LogP contribution in [-0.4, -0.2) is 39.3 Å². The zero-order valence-corrected chi connectivity index (χ0v) is 10.7. The van der Waals surface area contributed by atoms with E-state index in [1.807, 2.05) is 11.8 Å². The molecule has 1 fully saturated rings. The van der Waals surface area contributed by atoms with E-state index in [1.54, 1.807) is 0 Å². The lowest BCUT2D eigenvalue weighted by molar-refractivity contribution is -0.129. The predicted molar refractivity (Wildman–Crippen MR) is 65.5 cm³/mol. The minimum Gasteiger partial charge on any atom is -0.374 e. The molecule has 1 saturated heterocycles. The van der Waals surface area contributed by atoms with Gasteiger partial charge in [-0.1, -0.05) is 23.1 Å². The summed E-state index contributed by atoms with van der Waals surface area (Å²) in [6, 6.07) is 0. The van der Waals surface area contributed by atoms with E-state index >= 15 is 0 Å². The van der Waals surface area contributed by atoms with Crippen LogP contribution in [-0.2, 0) is 4.79 Å². The maximum atomic E-state index is 12.0.